The van der Waals surface area contributed by atoms with Gasteiger partial charge in [0.25, 0.3) is 5.91 Å². The maximum absolute atomic E-state index is 13.3. The second-order valence-corrected chi connectivity index (χ2v) is 10.7. The van der Waals surface area contributed by atoms with Gasteiger partial charge in [-0.3, -0.25) is 4.79 Å². The van der Waals surface area contributed by atoms with E-state index in [0.29, 0.717) is 18.7 Å². The number of halogens is 1. The molecule has 2 aromatic rings. The standard InChI is InChI=1S/C22H26FN3O3S/c1-22(2)11-16-9-15(21(27)25-30(3,28)29)7-8-19(16)24-20(22)14-5-4-6-18(10-14)26-12-17(23)13-26/h4-10,17,20,24H,11-13H2,1-3H3,(H,25,27). The molecule has 4 rings (SSSR count). The molecule has 8 heteroatoms. The number of carbonyl (C=O) groups excluding carboxylic acids is 1. The average Bonchev–Trinajstić information content (AvgIpc) is 2.62. The summed E-state index contributed by atoms with van der Waals surface area (Å²) in [5, 5.41) is 3.59. The van der Waals surface area contributed by atoms with Gasteiger partial charge in [-0.15, -0.1) is 0 Å². The van der Waals surface area contributed by atoms with Gasteiger partial charge in [0.1, 0.15) is 6.17 Å². The number of hydrogen-bond donors (Lipinski definition) is 2. The second kappa shape index (κ2) is 7.27. The summed E-state index contributed by atoms with van der Waals surface area (Å²) < 4.78 is 38.0. The molecular weight excluding hydrogens is 405 g/mol. The van der Waals surface area contributed by atoms with E-state index in [-0.39, 0.29) is 11.5 Å². The van der Waals surface area contributed by atoms with Gasteiger partial charge in [-0.2, -0.15) is 0 Å². The first-order valence-electron chi connectivity index (χ1n) is 9.92. The van der Waals surface area contributed by atoms with Gasteiger partial charge >= 0.3 is 0 Å². The quantitative estimate of drug-likeness (QED) is 0.777. The fourth-order valence-corrected chi connectivity index (χ4v) is 4.72. The lowest BCUT2D eigenvalue weighted by Gasteiger charge is -2.42. The molecule has 160 valence electrons. The molecule has 1 saturated heterocycles. The lowest BCUT2D eigenvalue weighted by Crippen LogP contribution is -2.48. The Labute approximate surface area is 176 Å². The predicted octanol–water partition coefficient (Wildman–Crippen LogP) is 3.27. The second-order valence-electron chi connectivity index (χ2n) is 8.92. The van der Waals surface area contributed by atoms with Crippen molar-refractivity contribution in [3.63, 3.8) is 0 Å². The molecule has 30 heavy (non-hydrogen) atoms. The van der Waals surface area contributed by atoms with Crippen LogP contribution in [0, 0.1) is 5.41 Å². The number of sulfonamides is 1. The SMILES string of the molecule is CC1(C)Cc2cc(C(=O)NS(C)(=O)=O)ccc2NC1c1cccc(N2CC(F)C2)c1. The monoisotopic (exact) mass is 431 g/mol. The number of amides is 1. The van der Waals surface area contributed by atoms with E-state index in [1.807, 2.05) is 27.8 Å². The van der Waals surface area contributed by atoms with Crippen LogP contribution in [0.1, 0.15) is 41.4 Å². The smallest absolute Gasteiger partial charge is 0.264 e. The Morgan fingerprint density at radius 1 is 1.20 bits per heavy atom. The minimum Gasteiger partial charge on any atom is -0.377 e. The van der Waals surface area contributed by atoms with Gasteiger partial charge in [0.2, 0.25) is 10.0 Å². The van der Waals surface area contributed by atoms with E-state index in [4.69, 9.17) is 0 Å². The van der Waals surface area contributed by atoms with E-state index in [1.165, 1.54) is 0 Å². The molecule has 2 N–H and O–H groups in total. The third-order valence-corrected chi connectivity index (χ3v) is 6.33. The highest BCUT2D eigenvalue weighted by molar-refractivity contribution is 7.89. The zero-order valence-electron chi connectivity index (χ0n) is 17.3. The Kier molecular flexibility index (Phi) is 5.00. The minimum absolute atomic E-state index is 0.0445. The van der Waals surface area contributed by atoms with E-state index < -0.39 is 22.1 Å². The van der Waals surface area contributed by atoms with Crippen molar-refractivity contribution in [2.24, 2.45) is 5.41 Å². The topological polar surface area (TPSA) is 78.5 Å². The molecule has 0 spiro atoms. The molecule has 0 saturated carbocycles. The van der Waals surface area contributed by atoms with Gasteiger partial charge in [0, 0.05) is 16.9 Å². The Balaban J connectivity index is 1.60. The van der Waals surface area contributed by atoms with Crippen molar-refractivity contribution in [2.45, 2.75) is 32.5 Å². The average molecular weight is 432 g/mol. The fourth-order valence-electron chi connectivity index (χ4n) is 4.26. The van der Waals surface area contributed by atoms with Crippen molar-refractivity contribution < 1.29 is 17.6 Å². The van der Waals surface area contributed by atoms with Crippen LogP contribution in [-0.4, -0.2) is 39.8 Å². The van der Waals surface area contributed by atoms with Crippen LogP contribution in [0.15, 0.2) is 42.5 Å². The van der Waals surface area contributed by atoms with Crippen LogP contribution >= 0.6 is 0 Å². The van der Waals surface area contributed by atoms with Crippen LogP contribution in [0.3, 0.4) is 0 Å². The first-order chi connectivity index (χ1) is 14.0. The van der Waals surface area contributed by atoms with E-state index in [0.717, 1.165) is 35.2 Å². The lowest BCUT2D eigenvalue weighted by molar-refractivity contribution is 0.0981. The highest BCUT2D eigenvalue weighted by atomic mass is 32.2. The summed E-state index contributed by atoms with van der Waals surface area (Å²) in [4.78, 5) is 14.2. The summed E-state index contributed by atoms with van der Waals surface area (Å²) in [5.41, 5.74) is 4.21. The highest BCUT2D eigenvalue weighted by Crippen LogP contribution is 2.45. The summed E-state index contributed by atoms with van der Waals surface area (Å²) in [6.45, 7) is 5.19. The van der Waals surface area contributed by atoms with Crippen molar-refractivity contribution in [3.8, 4) is 0 Å². The largest absolute Gasteiger partial charge is 0.377 e. The van der Waals surface area contributed by atoms with Gasteiger partial charge in [0.15, 0.2) is 0 Å². The Bertz CT molecular complexity index is 1090. The molecule has 2 heterocycles. The molecule has 6 nitrogen and oxygen atoms in total. The molecule has 2 aliphatic heterocycles. The van der Waals surface area contributed by atoms with Crippen molar-refractivity contribution in [1.82, 2.24) is 4.72 Å². The number of fused-ring (bicyclic) bond motifs is 1. The molecule has 1 atom stereocenters. The highest BCUT2D eigenvalue weighted by Gasteiger charge is 2.37. The van der Waals surface area contributed by atoms with Gasteiger partial charge in [-0.1, -0.05) is 26.0 Å². The fraction of sp³-hybridized carbons (Fsp3) is 0.409. The van der Waals surface area contributed by atoms with Crippen molar-refractivity contribution in [3.05, 3.63) is 59.2 Å². The number of carbonyl (C=O) groups is 1. The molecule has 1 amide bonds. The molecule has 0 aromatic heterocycles. The minimum atomic E-state index is -3.62. The molecule has 2 aliphatic rings. The molecular formula is C22H26FN3O3S. The molecule has 0 bridgehead atoms. The Morgan fingerprint density at radius 3 is 2.60 bits per heavy atom. The normalized spacial score (nSPS) is 20.7. The van der Waals surface area contributed by atoms with Crippen LogP contribution in [0.2, 0.25) is 0 Å². The maximum Gasteiger partial charge on any atom is 0.264 e. The molecule has 2 aromatic carbocycles. The maximum atomic E-state index is 13.3. The van der Waals surface area contributed by atoms with E-state index in [9.17, 15) is 17.6 Å². The van der Waals surface area contributed by atoms with Crippen LogP contribution < -0.4 is 14.9 Å². The van der Waals surface area contributed by atoms with Crippen LogP contribution in [0.5, 0.6) is 0 Å². The number of nitrogens with zero attached hydrogens (tertiary/aromatic N) is 1. The molecule has 1 fully saturated rings. The van der Waals surface area contributed by atoms with Gasteiger partial charge in [-0.25, -0.2) is 17.5 Å². The number of rotatable bonds is 4. The van der Waals surface area contributed by atoms with Crippen molar-refractivity contribution >= 4 is 27.3 Å². The summed E-state index contributed by atoms with van der Waals surface area (Å²) in [5.74, 6) is -0.631. The van der Waals surface area contributed by atoms with Crippen LogP contribution in [0.25, 0.3) is 0 Å². The lowest BCUT2D eigenvalue weighted by atomic mass is 9.72. The summed E-state index contributed by atoms with van der Waals surface area (Å²) in [7, 11) is -3.62. The Morgan fingerprint density at radius 2 is 1.93 bits per heavy atom. The molecule has 0 aliphatic carbocycles. The van der Waals surface area contributed by atoms with E-state index in [1.54, 1.807) is 12.1 Å². The van der Waals surface area contributed by atoms with Crippen molar-refractivity contribution in [1.29, 1.82) is 0 Å². The molecule has 1 unspecified atom stereocenters. The first kappa shape index (κ1) is 20.7. The third kappa shape index (κ3) is 4.14. The van der Waals surface area contributed by atoms with E-state index >= 15 is 0 Å². The van der Waals surface area contributed by atoms with E-state index in [2.05, 4.69) is 31.3 Å². The Hall–Kier alpha value is -2.61. The number of anilines is 2. The summed E-state index contributed by atoms with van der Waals surface area (Å²) in [6, 6.07) is 13.4. The number of hydrogen-bond acceptors (Lipinski definition) is 5. The van der Waals surface area contributed by atoms with Crippen molar-refractivity contribution in [2.75, 3.05) is 29.6 Å². The van der Waals surface area contributed by atoms with Gasteiger partial charge in [0.05, 0.1) is 25.4 Å². The summed E-state index contributed by atoms with van der Waals surface area (Å²) >= 11 is 0. The van der Waals surface area contributed by atoms with Crippen LogP contribution in [0.4, 0.5) is 15.8 Å². The number of alkyl halides is 1. The number of nitrogens with one attached hydrogen (secondary N) is 2. The third-order valence-electron chi connectivity index (χ3n) is 5.78. The zero-order chi connectivity index (χ0) is 21.7. The van der Waals surface area contributed by atoms with Gasteiger partial charge in [-0.05, 0) is 53.3 Å². The van der Waals surface area contributed by atoms with Crippen LogP contribution in [-0.2, 0) is 16.4 Å². The first-order valence-corrected chi connectivity index (χ1v) is 11.8. The van der Waals surface area contributed by atoms with Gasteiger partial charge < -0.3 is 10.2 Å². The number of benzene rings is 2. The zero-order valence-corrected chi connectivity index (χ0v) is 18.1. The predicted molar refractivity (Wildman–Crippen MR) is 116 cm³/mol. The summed E-state index contributed by atoms with van der Waals surface area (Å²) in [6.07, 6.45) is 0.931. The molecule has 0 radical (unpaired) electrons.